The molecule has 0 rings (SSSR count). The molecule has 0 radical (unpaired) electrons. The van der Waals surface area contributed by atoms with Crippen LogP contribution in [0.3, 0.4) is 0 Å². The Hall–Kier alpha value is -0.750. The number of carbonyl (C=O) groups excluding carboxylic acids is 2. The van der Waals surface area contributed by atoms with Crippen molar-refractivity contribution in [1.82, 2.24) is 10.6 Å². The summed E-state index contributed by atoms with van der Waals surface area (Å²) in [7, 11) is 0. The van der Waals surface area contributed by atoms with E-state index in [9.17, 15) is 9.59 Å². The summed E-state index contributed by atoms with van der Waals surface area (Å²) < 4.78 is 0. The summed E-state index contributed by atoms with van der Waals surface area (Å²) >= 11 is 4.01. The molecule has 2 amide bonds. The second kappa shape index (κ2) is 8.41. The highest BCUT2D eigenvalue weighted by Gasteiger charge is 2.18. The molecule has 0 spiro atoms. The van der Waals surface area contributed by atoms with E-state index in [2.05, 4.69) is 23.3 Å². The van der Waals surface area contributed by atoms with E-state index in [1.54, 1.807) is 0 Å². The van der Waals surface area contributed by atoms with Crippen molar-refractivity contribution in [2.75, 3.05) is 12.4 Å². The predicted octanol–water partition coefficient (Wildman–Crippen LogP) is -0.302. The van der Waals surface area contributed by atoms with Crippen molar-refractivity contribution < 1.29 is 14.7 Å². The van der Waals surface area contributed by atoms with E-state index in [4.69, 9.17) is 5.11 Å². The number of hydrogen-bond donors (Lipinski definition) is 4. The fourth-order valence-corrected chi connectivity index (χ4v) is 1.51. The molecule has 0 aromatic carbocycles. The van der Waals surface area contributed by atoms with E-state index in [1.165, 1.54) is 6.92 Å². The molecule has 0 heterocycles. The Morgan fingerprint density at radius 3 is 2.44 bits per heavy atom. The number of thiol groups is 1. The van der Waals surface area contributed by atoms with Gasteiger partial charge < -0.3 is 15.7 Å². The molecule has 0 bridgehead atoms. The summed E-state index contributed by atoms with van der Waals surface area (Å²) in [5, 5.41) is 13.9. The van der Waals surface area contributed by atoms with Gasteiger partial charge in [0.25, 0.3) is 0 Å². The Balaban J connectivity index is 4.04. The highest BCUT2D eigenvalue weighted by molar-refractivity contribution is 7.80. The molecule has 0 aromatic rings. The number of aliphatic hydroxyl groups excluding tert-OH is 1. The number of amides is 2. The fraction of sp³-hybridized carbons (Fsp3) is 0.800. The molecule has 16 heavy (non-hydrogen) atoms. The Morgan fingerprint density at radius 2 is 2.00 bits per heavy atom. The third-order valence-corrected chi connectivity index (χ3v) is 2.43. The van der Waals surface area contributed by atoms with Gasteiger partial charge in [0.2, 0.25) is 11.8 Å². The van der Waals surface area contributed by atoms with Crippen molar-refractivity contribution in [2.45, 2.75) is 38.8 Å². The first-order chi connectivity index (χ1) is 7.51. The van der Waals surface area contributed by atoms with Crippen LogP contribution in [0.4, 0.5) is 0 Å². The molecule has 0 fully saturated rings. The molecular weight excluding hydrogens is 228 g/mol. The summed E-state index contributed by atoms with van der Waals surface area (Å²) in [6.45, 7) is 3.33. The predicted molar refractivity (Wildman–Crippen MR) is 65.4 cm³/mol. The summed E-state index contributed by atoms with van der Waals surface area (Å²) in [4.78, 5) is 22.5. The van der Waals surface area contributed by atoms with Crippen molar-refractivity contribution in [1.29, 1.82) is 0 Å². The normalized spacial score (nSPS) is 14.0. The van der Waals surface area contributed by atoms with Crippen LogP contribution in [0.2, 0.25) is 0 Å². The van der Waals surface area contributed by atoms with E-state index >= 15 is 0 Å². The average Bonchev–Trinajstić information content (AvgIpc) is 2.22. The number of aliphatic hydroxyl groups is 1. The molecule has 0 aliphatic rings. The van der Waals surface area contributed by atoms with E-state index in [1.807, 2.05) is 6.92 Å². The maximum absolute atomic E-state index is 11.6. The monoisotopic (exact) mass is 248 g/mol. The minimum absolute atomic E-state index is 0.0178. The van der Waals surface area contributed by atoms with Gasteiger partial charge >= 0.3 is 0 Å². The van der Waals surface area contributed by atoms with E-state index in [-0.39, 0.29) is 30.2 Å². The first-order valence-corrected chi connectivity index (χ1v) is 5.93. The van der Waals surface area contributed by atoms with E-state index in [0.717, 1.165) is 0 Å². The smallest absolute Gasteiger partial charge is 0.243 e. The maximum Gasteiger partial charge on any atom is 0.243 e. The molecule has 3 N–H and O–H groups in total. The topological polar surface area (TPSA) is 78.4 Å². The Labute approximate surface area is 101 Å². The number of carbonyl (C=O) groups is 2. The fourth-order valence-electron chi connectivity index (χ4n) is 1.25. The molecule has 0 aliphatic heterocycles. The second-order valence-corrected chi connectivity index (χ2v) is 4.08. The van der Waals surface area contributed by atoms with Crippen LogP contribution in [0.25, 0.3) is 0 Å². The highest BCUT2D eigenvalue weighted by Crippen LogP contribution is 1.97. The summed E-state index contributed by atoms with van der Waals surface area (Å²) in [6, 6.07) is -0.617. The molecular formula is C10H20N2O3S. The molecule has 2 unspecified atom stereocenters. The Morgan fingerprint density at radius 1 is 1.38 bits per heavy atom. The van der Waals surface area contributed by atoms with Crippen molar-refractivity contribution in [3.63, 3.8) is 0 Å². The van der Waals surface area contributed by atoms with Gasteiger partial charge in [-0.25, -0.2) is 0 Å². The lowest BCUT2D eigenvalue weighted by atomic mass is 10.2. The third-order valence-electron chi connectivity index (χ3n) is 2.06. The average molecular weight is 248 g/mol. The summed E-state index contributed by atoms with van der Waals surface area (Å²) in [6.07, 6.45) is 1.36. The zero-order chi connectivity index (χ0) is 12.6. The van der Waals surface area contributed by atoms with Crippen LogP contribution in [0, 0.1) is 0 Å². The van der Waals surface area contributed by atoms with Gasteiger partial charge in [-0.05, 0) is 19.8 Å². The maximum atomic E-state index is 11.6. The zero-order valence-corrected chi connectivity index (χ0v) is 10.6. The van der Waals surface area contributed by atoms with Crippen LogP contribution in [0.15, 0.2) is 0 Å². The number of nitrogens with one attached hydrogen (secondary N) is 2. The van der Waals surface area contributed by atoms with Crippen molar-refractivity contribution >= 4 is 24.4 Å². The van der Waals surface area contributed by atoms with Gasteiger partial charge in [0.15, 0.2) is 0 Å². The van der Waals surface area contributed by atoms with Gasteiger partial charge in [0.05, 0.1) is 0 Å². The van der Waals surface area contributed by atoms with Crippen LogP contribution in [-0.4, -0.2) is 41.4 Å². The van der Waals surface area contributed by atoms with Gasteiger partial charge in [-0.1, -0.05) is 0 Å². The van der Waals surface area contributed by atoms with Gasteiger partial charge in [0, 0.05) is 25.3 Å². The molecule has 6 heteroatoms. The SMILES string of the molecule is CC(=O)NC(CS)C(=O)NC(C)CCCO. The standard InChI is InChI=1S/C10H20N2O3S/c1-7(4-3-5-13)11-10(15)9(6-16)12-8(2)14/h7,9,13,16H,3-6H2,1-2H3,(H,11,15)(H,12,14). The van der Waals surface area contributed by atoms with Crippen LogP contribution in [0.1, 0.15) is 26.7 Å². The molecule has 0 aromatic heterocycles. The lowest BCUT2D eigenvalue weighted by Crippen LogP contribution is -2.49. The van der Waals surface area contributed by atoms with Crippen LogP contribution >= 0.6 is 12.6 Å². The van der Waals surface area contributed by atoms with Gasteiger partial charge in [0.1, 0.15) is 6.04 Å². The molecule has 0 saturated carbocycles. The van der Waals surface area contributed by atoms with Gasteiger partial charge in [-0.15, -0.1) is 0 Å². The number of hydrogen-bond acceptors (Lipinski definition) is 4. The largest absolute Gasteiger partial charge is 0.396 e. The van der Waals surface area contributed by atoms with Crippen molar-refractivity contribution in [3.8, 4) is 0 Å². The highest BCUT2D eigenvalue weighted by atomic mass is 32.1. The molecule has 0 saturated heterocycles. The third kappa shape index (κ3) is 6.68. The molecule has 2 atom stereocenters. The van der Waals surface area contributed by atoms with E-state index in [0.29, 0.717) is 12.8 Å². The molecule has 0 aliphatic carbocycles. The van der Waals surface area contributed by atoms with Crippen LogP contribution in [0.5, 0.6) is 0 Å². The zero-order valence-electron chi connectivity index (χ0n) is 9.69. The molecule has 5 nitrogen and oxygen atoms in total. The van der Waals surface area contributed by atoms with Crippen LogP contribution < -0.4 is 10.6 Å². The second-order valence-electron chi connectivity index (χ2n) is 3.71. The first-order valence-electron chi connectivity index (χ1n) is 5.30. The minimum Gasteiger partial charge on any atom is -0.396 e. The lowest BCUT2D eigenvalue weighted by molar-refractivity contribution is -0.127. The lowest BCUT2D eigenvalue weighted by Gasteiger charge is -2.19. The van der Waals surface area contributed by atoms with Gasteiger partial charge in [-0.2, -0.15) is 12.6 Å². The van der Waals surface area contributed by atoms with Crippen LogP contribution in [-0.2, 0) is 9.59 Å². The summed E-state index contributed by atoms with van der Waals surface area (Å²) in [5.74, 6) is -0.231. The minimum atomic E-state index is -0.600. The summed E-state index contributed by atoms with van der Waals surface area (Å²) in [5.41, 5.74) is 0. The quantitative estimate of drug-likeness (QED) is 0.467. The number of rotatable bonds is 7. The van der Waals surface area contributed by atoms with Gasteiger partial charge in [-0.3, -0.25) is 9.59 Å². The Bertz CT molecular complexity index is 236. The van der Waals surface area contributed by atoms with E-state index < -0.39 is 6.04 Å². The molecule has 94 valence electrons. The van der Waals surface area contributed by atoms with Crippen molar-refractivity contribution in [2.24, 2.45) is 0 Å². The first kappa shape index (κ1) is 15.2. The van der Waals surface area contributed by atoms with Crippen molar-refractivity contribution in [3.05, 3.63) is 0 Å². The Kier molecular flexibility index (Phi) is 8.01.